The van der Waals surface area contributed by atoms with Gasteiger partial charge in [0.05, 0.1) is 10.6 Å². The highest BCUT2D eigenvalue weighted by Gasteiger charge is 2.22. The standard InChI is InChI=1S/C13H19N3S2/c1-8-3-4-9(5-8)7-16-13-12(17-2)11(15)10(6-14)18-13/h8-9,16H,3-5,7,15H2,1-2H3. The minimum atomic E-state index is 0.627. The van der Waals surface area contributed by atoms with Gasteiger partial charge in [-0.3, -0.25) is 0 Å². The predicted molar refractivity (Wildman–Crippen MR) is 80.2 cm³/mol. The average Bonchev–Trinajstić information content (AvgIpc) is 2.90. The van der Waals surface area contributed by atoms with E-state index >= 15 is 0 Å². The fourth-order valence-electron chi connectivity index (χ4n) is 2.58. The predicted octanol–water partition coefficient (Wildman–Crippen LogP) is 3.77. The molecule has 1 aromatic heterocycles. The summed E-state index contributed by atoms with van der Waals surface area (Å²) in [5.74, 6) is 1.63. The highest BCUT2D eigenvalue weighted by atomic mass is 32.2. The molecule has 2 atom stereocenters. The maximum Gasteiger partial charge on any atom is 0.131 e. The minimum Gasteiger partial charge on any atom is -0.396 e. The molecule has 3 N–H and O–H groups in total. The number of nitrogen functional groups attached to an aromatic ring is 1. The van der Waals surface area contributed by atoms with Crippen molar-refractivity contribution in [2.24, 2.45) is 11.8 Å². The van der Waals surface area contributed by atoms with E-state index in [2.05, 4.69) is 18.3 Å². The third-order valence-electron chi connectivity index (χ3n) is 3.56. The molecule has 0 amide bonds. The molecule has 0 aromatic carbocycles. The summed E-state index contributed by atoms with van der Waals surface area (Å²) in [7, 11) is 0. The monoisotopic (exact) mass is 281 g/mol. The number of nitrogens with one attached hydrogen (secondary N) is 1. The van der Waals surface area contributed by atoms with Gasteiger partial charge in [0.2, 0.25) is 0 Å². The first-order valence-electron chi connectivity index (χ1n) is 6.26. The zero-order valence-electron chi connectivity index (χ0n) is 10.8. The molecule has 1 heterocycles. The van der Waals surface area contributed by atoms with Crippen molar-refractivity contribution in [3.8, 4) is 6.07 Å². The molecule has 1 saturated carbocycles. The van der Waals surface area contributed by atoms with Gasteiger partial charge in [-0.1, -0.05) is 13.3 Å². The quantitative estimate of drug-likeness (QED) is 0.825. The SMILES string of the molecule is CSc1c(NCC2CCC(C)C2)sc(C#N)c1N. The second-order valence-corrected chi connectivity index (χ2v) is 6.82. The lowest BCUT2D eigenvalue weighted by molar-refractivity contribution is 0.537. The number of thioether (sulfide) groups is 1. The molecule has 2 rings (SSSR count). The largest absolute Gasteiger partial charge is 0.396 e. The highest BCUT2D eigenvalue weighted by Crippen LogP contribution is 2.41. The van der Waals surface area contributed by atoms with E-state index in [1.165, 1.54) is 30.6 Å². The van der Waals surface area contributed by atoms with E-state index in [0.29, 0.717) is 10.6 Å². The van der Waals surface area contributed by atoms with Gasteiger partial charge in [-0.15, -0.1) is 23.1 Å². The van der Waals surface area contributed by atoms with Gasteiger partial charge in [0.25, 0.3) is 0 Å². The van der Waals surface area contributed by atoms with Crippen molar-refractivity contribution in [2.75, 3.05) is 23.9 Å². The maximum absolute atomic E-state index is 9.01. The Labute approximate surface area is 117 Å². The molecule has 0 spiro atoms. The van der Waals surface area contributed by atoms with Gasteiger partial charge >= 0.3 is 0 Å². The lowest BCUT2D eigenvalue weighted by Gasteiger charge is -2.12. The number of nitrogens with two attached hydrogens (primary N) is 1. The molecule has 98 valence electrons. The summed E-state index contributed by atoms with van der Waals surface area (Å²) in [4.78, 5) is 1.66. The maximum atomic E-state index is 9.01. The van der Waals surface area contributed by atoms with Crippen LogP contribution < -0.4 is 11.1 Å². The van der Waals surface area contributed by atoms with Crippen LogP contribution in [0, 0.1) is 23.2 Å². The Kier molecular flexibility index (Phi) is 4.41. The smallest absolute Gasteiger partial charge is 0.131 e. The molecule has 1 aliphatic rings. The summed E-state index contributed by atoms with van der Waals surface area (Å²) in [6, 6.07) is 2.17. The van der Waals surface area contributed by atoms with Crippen molar-refractivity contribution in [1.82, 2.24) is 0 Å². The zero-order valence-corrected chi connectivity index (χ0v) is 12.5. The van der Waals surface area contributed by atoms with Gasteiger partial charge in [0.15, 0.2) is 0 Å². The number of anilines is 2. The Balaban J connectivity index is 2.03. The van der Waals surface area contributed by atoms with Crippen molar-refractivity contribution in [1.29, 1.82) is 5.26 Å². The summed E-state index contributed by atoms with van der Waals surface area (Å²) >= 11 is 3.09. The Morgan fingerprint density at radius 3 is 2.89 bits per heavy atom. The summed E-state index contributed by atoms with van der Waals surface area (Å²) in [5.41, 5.74) is 6.59. The van der Waals surface area contributed by atoms with Crippen LogP contribution >= 0.6 is 23.1 Å². The van der Waals surface area contributed by atoms with Crippen molar-refractivity contribution < 1.29 is 0 Å². The molecule has 3 nitrogen and oxygen atoms in total. The lowest BCUT2D eigenvalue weighted by Crippen LogP contribution is -2.11. The van der Waals surface area contributed by atoms with E-state index in [0.717, 1.165) is 28.3 Å². The van der Waals surface area contributed by atoms with Gasteiger partial charge in [-0.05, 0) is 30.9 Å². The van der Waals surface area contributed by atoms with E-state index in [9.17, 15) is 0 Å². The van der Waals surface area contributed by atoms with Crippen molar-refractivity contribution >= 4 is 33.8 Å². The molecule has 0 bridgehead atoms. The highest BCUT2D eigenvalue weighted by molar-refractivity contribution is 7.99. The lowest BCUT2D eigenvalue weighted by atomic mass is 10.1. The van der Waals surface area contributed by atoms with Crippen LogP contribution in [0.1, 0.15) is 31.1 Å². The second-order valence-electron chi connectivity index (χ2n) is 4.98. The molecule has 18 heavy (non-hydrogen) atoms. The molecule has 5 heteroatoms. The van der Waals surface area contributed by atoms with Gasteiger partial charge in [-0.2, -0.15) is 5.26 Å². The van der Waals surface area contributed by atoms with Crippen LogP contribution in [0.3, 0.4) is 0 Å². The van der Waals surface area contributed by atoms with Crippen molar-refractivity contribution in [3.05, 3.63) is 4.88 Å². The fraction of sp³-hybridized carbons (Fsp3) is 0.615. The number of hydrogen-bond donors (Lipinski definition) is 2. The average molecular weight is 281 g/mol. The van der Waals surface area contributed by atoms with Crippen LogP contribution in [-0.2, 0) is 0 Å². The molecule has 1 aliphatic carbocycles. The Hall–Kier alpha value is -0.860. The normalized spacial score (nSPS) is 22.9. The van der Waals surface area contributed by atoms with Crippen LogP contribution in [0.15, 0.2) is 4.90 Å². The molecule has 0 aliphatic heterocycles. The topological polar surface area (TPSA) is 61.8 Å². The molecule has 1 fully saturated rings. The van der Waals surface area contributed by atoms with Gasteiger partial charge in [0, 0.05) is 6.54 Å². The van der Waals surface area contributed by atoms with Crippen molar-refractivity contribution in [2.45, 2.75) is 31.1 Å². The Morgan fingerprint density at radius 1 is 1.56 bits per heavy atom. The van der Waals surface area contributed by atoms with Gasteiger partial charge in [-0.25, -0.2) is 0 Å². The molecule has 1 aromatic rings. The van der Waals surface area contributed by atoms with Crippen LogP contribution in [0.2, 0.25) is 0 Å². The van der Waals surface area contributed by atoms with Gasteiger partial charge in [0.1, 0.15) is 15.9 Å². The van der Waals surface area contributed by atoms with Gasteiger partial charge < -0.3 is 11.1 Å². The van der Waals surface area contributed by atoms with E-state index in [-0.39, 0.29) is 0 Å². The molecule has 0 saturated heterocycles. The summed E-state index contributed by atoms with van der Waals surface area (Å²) in [6.45, 7) is 3.33. The number of rotatable bonds is 4. The van der Waals surface area contributed by atoms with Crippen molar-refractivity contribution in [3.63, 3.8) is 0 Å². The van der Waals surface area contributed by atoms with E-state index in [1.807, 2.05) is 6.26 Å². The zero-order chi connectivity index (χ0) is 13.1. The molecule has 2 unspecified atom stereocenters. The Bertz CT molecular complexity index is 462. The second kappa shape index (κ2) is 5.85. The fourth-order valence-corrected chi connectivity index (χ4v) is 4.42. The number of nitrogens with zero attached hydrogens (tertiary/aromatic N) is 1. The summed E-state index contributed by atoms with van der Waals surface area (Å²) < 4.78 is 0. The van der Waals surface area contributed by atoms with Crippen LogP contribution in [0.25, 0.3) is 0 Å². The third kappa shape index (κ3) is 2.76. The molecule has 0 radical (unpaired) electrons. The van der Waals surface area contributed by atoms with Crippen LogP contribution in [0.5, 0.6) is 0 Å². The van der Waals surface area contributed by atoms with E-state index < -0.39 is 0 Å². The van der Waals surface area contributed by atoms with Crippen LogP contribution in [0.4, 0.5) is 10.7 Å². The minimum absolute atomic E-state index is 0.627. The van der Waals surface area contributed by atoms with Crippen LogP contribution in [-0.4, -0.2) is 12.8 Å². The summed E-state index contributed by atoms with van der Waals surface area (Å²) in [5, 5.41) is 13.6. The first-order valence-corrected chi connectivity index (χ1v) is 8.30. The summed E-state index contributed by atoms with van der Waals surface area (Å²) in [6.07, 6.45) is 5.97. The van der Waals surface area contributed by atoms with E-state index in [1.54, 1.807) is 11.8 Å². The molecular weight excluding hydrogens is 262 g/mol. The number of hydrogen-bond acceptors (Lipinski definition) is 5. The molecular formula is C13H19N3S2. The Morgan fingerprint density at radius 2 is 2.33 bits per heavy atom. The number of thiophene rings is 1. The third-order valence-corrected chi connectivity index (χ3v) is 5.59. The number of nitriles is 1. The first kappa shape index (κ1) is 13.6. The van der Waals surface area contributed by atoms with E-state index in [4.69, 9.17) is 11.0 Å². The first-order chi connectivity index (χ1) is 8.65.